The lowest BCUT2D eigenvalue weighted by Crippen LogP contribution is -2.46. The lowest BCUT2D eigenvalue weighted by atomic mass is 10.0. The Balaban J connectivity index is 0.00000289. The highest BCUT2D eigenvalue weighted by Crippen LogP contribution is 2.36. The van der Waals surface area contributed by atoms with Crippen LogP contribution in [0.25, 0.3) is 11.1 Å². The van der Waals surface area contributed by atoms with Gasteiger partial charge in [-0.15, -0.1) is 12.4 Å². The summed E-state index contributed by atoms with van der Waals surface area (Å²) in [5.41, 5.74) is 4.83. The first kappa shape index (κ1) is 25.2. The quantitative estimate of drug-likeness (QED) is 0.343. The molecule has 5 rings (SSSR count). The molecule has 0 bridgehead atoms. The molecule has 7 heteroatoms. The van der Waals surface area contributed by atoms with Crippen LogP contribution in [-0.4, -0.2) is 55.9 Å². The molecule has 0 aromatic heterocycles. The van der Waals surface area contributed by atoms with E-state index in [-0.39, 0.29) is 24.1 Å². The molecule has 0 unspecified atom stereocenters. The van der Waals surface area contributed by atoms with E-state index >= 15 is 0 Å². The Hall–Kier alpha value is -2.86. The van der Waals surface area contributed by atoms with E-state index < -0.39 is 0 Å². The molecule has 1 amide bonds. The molecule has 1 N–H and O–H groups in total. The Morgan fingerprint density at radius 2 is 1.51 bits per heavy atom. The van der Waals surface area contributed by atoms with E-state index in [0.717, 1.165) is 67.4 Å². The summed E-state index contributed by atoms with van der Waals surface area (Å²) in [5.74, 6) is -0.130. The molecule has 1 saturated heterocycles. The average Bonchev–Trinajstić information content (AvgIpc) is 3.16. The van der Waals surface area contributed by atoms with E-state index in [2.05, 4.69) is 21.2 Å². The van der Waals surface area contributed by atoms with Crippen LogP contribution in [0.2, 0.25) is 5.02 Å². The molecule has 3 aromatic carbocycles. The third-order valence-corrected chi connectivity index (χ3v) is 7.06. The fourth-order valence-electron chi connectivity index (χ4n) is 4.85. The van der Waals surface area contributed by atoms with Gasteiger partial charge in [0, 0.05) is 49.4 Å². The zero-order chi connectivity index (χ0) is 23.5. The third kappa shape index (κ3) is 5.37. The highest BCUT2D eigenvalue weighted by Gasteiger charge is 2.27. The number of rotatable bonds is 7. The standard InChI is InChI=1S/C28H28ClN3O2.ClH/c29-25-9-3-4-10-26(25)32-17-15-31(16-18-32)14-6-5-13-30-28(34)20-11-12-22-21-7-1-2-8-23(21)27(33)24(22)19-20;/h1-4,7-12,19H,5-6,13-18H2,(H,30,34);1H. The van der Waals surface area contributed by atoms with Crippen LogP contribution in [0.15, 0.2) is 66.7 Å². The predicted molar refractivity (Wildman–Crippen MR) is 144 cm³/mol. The fourth-order valence-corrected chi connectivity index (χ4v) is 5.11. The minimum atomic E-state index is -0.125. The number of anilines is 1. The molecule has 1 aliphatic heterocycles. The van der Waals surface area contributed by atoms with Crippen molar-refractivity contribution in [2.75, 3.05) is 44.2 Å². The van der Waals surface area contributed by atoms with Gasteiger partial charge < -0.3 is 10.2 Å². The number of hydrogen-bond acceptors (Lipinski definition) is 4. The maximum absolute atomic E-state index is 12.7. The zero-order valence-corrected chi connectivity index (χ0v) is 21.1. The van der Waals surface area contributed by atoms with Crippen LogP contribution in [0.1, 0.15) is 39.1 Å². The lowest BCUT2D eigenvalue weighted by Gasteiger charge is -2.36. The lowest BCUT2D eigenvalue weighted by molar-refractivity contribution is 0.0952. The summed E-state index contributed by atoms with van der Waals surface area (Å²) in [4.78, 5) is 30.1. The van der Waals surface area contributed by atoms with Gasteiger partial charge in [-0.25, -0.2) is 0 Å². The van der Waals surface area contributed by atoms with Crippen molar-refractivity contribution in [3.63, 3.8) is 0 Å². The summed E-state index contributed by atoms with van der Waals surface area (Å²) in [6.07, 6.45) is 1.95. The monoisotopic (exact) mass is 509 g/mol. The SMILES string of the molecule is Cl.O=C(NCCCCN1CCN(c2ccccc2Cl)CC1)c1ccc2c(c1)C(=O)c1ccccc1-2. The zero-order valence-electron chi connectivity index (χ0n) is 19.5. The van der Waals surface area contributed by atoms with Crippen LogP contribution < -0.4 is 10.2 Å². The van der Waals surface area contributed by atoms with E-state index in [4.69, 9.17) is 11.6 Å². The van der Waals surface area contributed by atoms with Gasteiger partial charge >= 0.3 is 0 Å². The number of amides is 1. The molecule has 0 spiro atoms. The first-order valence-corrected chi connectivity index (χ1v) is 12.3. The van der Waals surface area contributed by atoms with Crippen molar-refractivity contribution in [1.82, 2.24) is 10.2 Å². The van der Waals surface area contributed by atoms with E-state index in [1.807, 2.05) is 54.6 Å². The van der Waals surface area contributed by atoms with Crippen LogP contribution in [0.3, 0.4) is 0 Å². The number of fused-ring (bicyclic) bond motifs is 3. The molecule has 1 fully saturated rings. The van der Waals surface area contributed by atoms with Crippen LogP contribution in [0, 0.1) is 0 Å². The molecular weight excluding hydrogens is 481 g/mol. The van der Waals surface area contributed by atoms with Crippen LogP contribution >= 0.6 is 24.0 Å². The molecule has 35 heavy (non-hydrogen) atoms. The molecule has 2 aliphatic rings. The molecule has 0 atom stereocenters. The van der Waals surface area contributed by atoms with Crippen molar-refractivity contribution >= 4 is 41.4 Å². The highest BCUT2D eigenvalue weighted by atomic mass is 35.5. The number of piperazine rings is 1. The van der Waals surface area contributed by atoms with Gasteiger partial charge in [-0.2, -0.15) is 0 Å². The molecule has 1 heterocycles. The first-order valence-electron chi connectivity index (χ1n) is 11.9. The first-order chi connectivity index (χ1) is 16.6. The van der Waals surface area contributed by atoms with E-state index in [0.29, 0.717) is 23.2 Å². The van der Waals surface area contributed by atoms with Crippen LogP contribution in [-0.2, 0) is 0 Å². The van der Waals surface area contributed by atoms with Crippen molar-refractivity contribution in [3.05, 3.63) is 88.4 Å². The Morgan fingerprint density at radius 1 is 0.829 bits per heavy atom. The van der Waals surface area contributed by atoms with Crippen LogP contribution in [0.4, 0.5) is 5.69 Å². The van der Waals surface area contributed by atoms with Crippen molar-refractivity contribution in [2.24, 2.45) is 0 Å². The Morgan fingerprint density at radius 3 is 2.29 bits per heavy atom. The second-order valence-corrected chi connectivity index (χ2v) is 9.29. The van der Waals surface area contributed by atoms with Gasteiger partial charge in [-0.1, -0.05) is 54.1 Å². The van der Waals surface area contributed by atoms with E-state index in [9.17, 15) is 9.59 Å². The topological polar surface area (TPSA) is 52.7 Å². The number of unbranched alkanes of at least 4 members (excludes halogenated alkanes) is 1. The van der Waals surface area contributed by atoms with Crippen LogP contribution in [0.5, 0.6) is 0 Å². The number of ketones is 1. The number of carbonyl (C=O) groups excluding carboxylic acids is 2. The maximum Gasteiger partial charge on any atom is 0.251 e. The Bertz CT molecular complexity index is 1220. The Kier molecular flexibility index (Phi) is 8.11. The summed E-state index contributed by atoms with van der Waals surface area (Å²) >= 11 is 6.33. The van der Waals surface area contributed by atoms with Gasteiger partial charge in [0.15, 0.2) is 5.78 Å². The highest BCUT2D eigenvalue weighted by molar-refractivity contribution is 6.33. The second kappa shape index (κ2) is 11.3. The minimum Gasteiger partial charge on any atom is -0.368 e. The van der Waals surface area contributed by atoms with Gasteiger partial charge in [-0.05, 0) is 54.8 Å². The second-order valence-electron chi connectivity index (χ2n) is 8.88. The molecule has 3 aromatic rings. The third-order valence-electron chi connectivity index (χ3n) is 6.74. The number of halogens is 2. The van der Waals surface area contributed by atoms with Gasteiger partial charge in [0.05, 0.1) is 10.7 Å². The summed E-state index contributed by atoms with van der Waals surface area (Å²) in [6, 6.07) is 21.0. The molecule has 0 radical (unpaired) electrons. The van der Waals surface area contributed by atoms with Crippen molar-refractivity contribution in [3.8, 4) is 11.1 Å². The molecule has 5 nitrogen and oxygen atoms in total. The van der Waals surface area contributed by atoms with Gasteiger partial charge in [0.1, 0.15) is 0 Å². The maximum atomic E-state index is 12.7. The summed E-state index contributed by atoms with van der Waals surface area (Å²) < 4.78 is 0. The molecule has 182 valence electrons. The van der Waals surface area contributed by atoms with Gasteiger partial charge in [0.25, 0.3) is 5.91 Å². The fraction of sp³-hybridized carbons (Fsp3) is 0.286. The Labute approximate surface area is 217 Å². The number of hydrogen-bond donors (Lipinski definition) is 1. The summed E-state index contributed by atoms with van der Waals surface area (Å²) in [6.45, 7) is 5.64. The summed E-state index contributed by atoms with van der Waals surface area (Å²) in [5, 5.41) is 3.82. The van der Waals surface area contributed by atoms with Gasteiger partial charge in [-0.3, -0.25) is 14.5 Å². The van der Waals surface area contributed by atoms with E-state index in [1.165, 1.54) is 0 Å². The molecule has 0 saturated carbocycles. The number of para-hydroxylation sites is 1. The molecular formula is C28H29Cl2N3O2. The predicted octanol–water partition coefficient (Wildman–Crippen LogP) is 5.31. The largest absolute Gasteiger partial charge is 0.368 e. The number of nitrogens with zero attached hydrogens (tertiary/aromatic N) is 2. The normalized spacial score (nSPS) is 14.8. The molecule has 1 aliphatic carbocycles. The average molecular weight is 510 g/mol. The number of carbonyl (C=O) groups is 2. The van der Waals surface area contributed by atoms with Crippen molar-refractivity contribution in [2.45, 2.75) is 12.8 Å². The number of nitrogens with one attached hydrogen (secondary N) is 1. The smallest absolute Gasteiger partial charge is 0.251 e. The van der Waals surface area contributed by atoms with Crippen molar-refractivity contribution < 1.29 is 9.59 Å². The van der Waals surface area contributed by atoms with Crippen molar-refractivity contribution in [1.29, 1.82) is 0 Å². The number of benzene rings is 3. The van der Waals surface area contributed by atoms with E-state index in [1.54, 1.807) is 6.07 Å². The summed E-state index contributed by atoms with van der Waals surface area (Å²) in [7, 11) is 0. The minimum absolute atomic E-state index is 0. The van der Waals surface area contributed by atoms with Gasteiger partial charge in [0.2, 0.25) is 0 Å².